The van der Waals surface area contributed by atoms with Crippen LogP contribution in [-0.4, -0.2) is 20.6 Å². The second-order valence-corrected chi connectivity index (χ2v) is 7.84. The highest BCUT2D eigenvalue weighted by atomic mass is 35.5. The van der Waals surface area contributed by atoms with Crippen molar-refractivity contribution in [2.45, 2.75) is 37.5 Å². The van der Waals surface area contributed by atoms with Gasteiger partial charge < -0.3 is 15.0 Å². The lowest BCUT2D eigenvalue weighted by molar-refractivity contribution is -0.122. The van der Waals surface area contributed by atoms with Crippen LogP contribution in [0.15, 0.2) is 59.9 Å². The zero-order valence-electron chi connectivity index (χ0n) is 15.6. The summed E-state index contributed by atoms with van der Waals surface area (Å²) in [5.74, 6) is 0.607. The van der Waals surface area contributed by atoms with Crippen LogP contribution < -0.4 is 5.32 Å². The number of hydrogen-bond donors (Lipinski definition) is 2. The van der Waals surface area contributed by atoms with Gasteiger partial charge in [-0.15, -0.1) is 0 Å². The molecule has 2 aromatic carbocycles. The number of rotatable bonds is 8. The number of amides is 1. The molecule has 1 heterocycles. The average Bonchev–Trinajstić information content (AvgIpc) is 3.07. The van der Waals surface area contributed by atoms with Crippen molar-refractivity contribution in [2.75, 3.05) is 0 Å². The molecule has 0 saturated heterocycles. The summed E-state index contributed by atoms with van der Waals surface area (Å²) < 4.78 is 1.76. The summed E-state index contributed by atoms with van der Waals surface area (Å²) in [6, 6.07) is 15.6. The van der Waals surface area contributed by atoms with Gasteiger partial charge >= 0.3 is 0 Å². The third-order valence-corrected chi connectivity index (χ3v) is 5.53. The first-order valence-corrected chi connectivity index (χ1v) is 10.3. The van der Waals surface area contributed by atoms with Gasteiger partial charge in [-0.05, 0) is 30.2 Å². The van der Waals surface area contributed by atoms with Crippen LogP contribution in [0.25, 0.3) is 0 Å². The zero-order valence-corrected chi connectivity index (χ0v) is 17.1. The first-order valence-electron chi connectivity index (χ1n) is 8.90. The SMILES string of the molecule is Cc1cccc(CSc2ncc(CO)n2CC(=O)NCc2ccc(Cl)cc2)c1. The minimum atomic E-state index is -0.164. The monoisotopic (exact) mass is 415 g/mol. The maximum atomic E-state index is 12.4. The number of imidazole rings is 1. The summed E-state index contributed by atoms with van der Waals surface area (Å²) in [5, 5.41) is 13.9. The molecule has 0 fully saturated rings. The van der Waals surface area contributed by atoms with Crippen molar-refractivity contribution in [2.24, 2.45) is 0 Å². The molecule has 0 aliphatic heterocycles. The highest BCUT2D eigenvalue weighted by Crippen LogP contribution is 2.23. The molecule has 1 amide bonds. The molecule has 0 aliphatic carbocycles. The van der Waals surface area contributed by atoms with Gasteiger partial charge in [-0.2, -0.15) is 0 Å². The molecule has 2 N–H and O–H groups in total. The van der Waals surface area contributed by atoms with E-state index in [-0.39, 0.29) is 19.1 Å². The topological polar surface area (TPSA) is 67.2 Å². The van der Waals surface area contributed by atoms with Gasteiger partial charge in [-0.3, -0.25) is 4.79 Å². The van der Waals surface area contributed by atoms with Crippen LogP contribution in [-0.2, 0) is 30.2 Å². The molecule has 146 valence electrons. The Morgan fingerprint density at radius 2 is 2.00 bits per heavy atom. The van der Waals surface area contributed by atoms with Crippen molar-refractivity contribution in [1.82, 2.24) is 14.9 Å². The third kappa shape index (κ3) is 5.61. The smallest absolute Gasteiger partial charge is 0.240 e. The van der Waals surface area contributed by atoms with E-state index in [0.29, 0.717) is 22.4 Å². The van der Waals surface area contributed by atoms with Gasteiger partial charge in [0, 0.05) is 17.3 Å². The van der Waals surface area contributed by atoms with E-state index < -0.39 is 0 Å². The Bertz CT molecular complexity index is 941. The lowest BCUT2D eigenvalue weighted by atomic mass is 10.2. The molecule has 0 unspecified atom stereocenters. The molecule has 3 rings (SSSR count). The van der Waals surface area contributed by atoms with E-state index in [1.165, 1.54) is 11.1 Å². The molecular weight excluding hydrogens is 394 g/mol. The molecule has 1 aromatic heterocycles. The van der Waals surface area contributed by atoms with E-state index in [4.69, 9.17) is 11.6 Å². The second-order valence-electron chi connectivity index (χ2n) is 6.46. The van der Waals surface area contributed by atoms with Crippen LogP contribution >= 0.6 is 23.4 Å². The maximum absolute atomic E-state index is 12.4. The Balaban J connectivity index is 1.62. The van der Waals surface area contributed by atoms with E-state index in [2.05, 4.69) is 35.4 Å². The van der Waals surface area contributed by atoms with Crippen molar-refractivity contribution in [3.63, 3.8) is 0 Å². The van der Waals surface area contributed by atoms with Crippen LogP contribution in [0.3, 0.4) is 0 Å². The largest absolute Gasteiger partial charge is 0.390 e. The van der Waals surface area contributed by atoms with Gasteiger partial charge in [0.1, 0.15) is 6.54 Å². The van der Waals surface area contributed by atoms with Crippen LogP contribution in [0.2, 0.25) is 5.02 Å². The van der Waals surface area contributed by atoms with Crippen LogP contribution in [0.1, 0.15) is 22.4 Å². The average molecular weight is 416 g/mol. The summed E-state index contributed by atoms with van der Waals surface area (Å²) in [4.78, 5) is 16.8. The Hall–Kier alpha value is -2.28. The summed E-state index contributed by atoms with van der Waals surface area (Å²) in [7, 11) is 0. The number of aryl methyl sites for hydroxylation is 1. The summed E-state index contributed by atoms with van der Waals surface area (Å²) in [5.41, 5.74) is 3.99. The third-order valence-electron chi connectivity index (χ3n) is 4.22. The normalized spacial score (nSPS) is 10.8. The van der Waals surface area contributed by atoms with Gasteiger partial charge in [0.2, 0.25) is 5.91 Å². The molecule has 0 spiro atoms. The lowest BCUT2D eigenvalue weighted by Gasteiger charge is -2.11. The predicted molar refractivity (Wildman–Crippen MR) is 112 cm³/mol. The number of aliphatic hydroxyl groups excluding tert-OH is 1. The van der Waals surface area contributed by atoms with Gasteiger partial charge in [0.05, 0.1) is 18.5 Å². The number of nitrogens with zero attached hydrogens (tertiary/aromatic N) is 2. The van der Waals surface area contributed by atoms with Crippen molar-refractivity contribution in [1.29, 1.82) is 0 Å². The Morgan fingerprint density at radius 3 is 2.71 bits per heavy atom. The number of carbonyl (C=O) groups excluding carboxylic acids is 1. The Labute approximate surface area is 173 Å². The van der Waals surface area contributed by atoms with Crippen molar-refractivity contribution in [3.8, 4) is 0 Å². The van der Waals surface area contributed by atoms with Gasteiger partial charge in [0.25, 0.3) is 0 Å². The number of benzene rings is 2. The zero-order chi connectivity index (χ0) is 19.9. The number of halogens is 1. The minimum absolute atomic E-state index is 0.111. The molecule has 28 heavy (non-hydrogen) atoms. The fourth-order valence-electron chi connectivity index (χ4n) is 2.75. The first-order chi connectivity index (χ1) is 13.5. The van der Waals surface area contributed by atoms with Crippen LogP contribution in [0.5, 0.6) is 0 Å². The maximum Gasteiger partial charge on any atom is 0.240 e. The number of nitrogens with one attached hydrogen (secondary N) is 1. The van der Waals surface area contributed by atoms with E-state index in [0.717, 1.165) is 11.3 Å². The fraction of sp³-hybridized carbons (Fsp3) is 0.238. The first kappa shape index (κ1) is 20.5. The quantitative estimate of drug-likeness (QED) is 0.547. The Kier molecular flexibility index (Phi) is 7.14. The lowest BCUT2D eigenvalue weighted by Crippen LogP contribution is -2.28. The van der Waals surface area contributed by atoms with Gasteiger partial charge in [-0.1, -0.05) is 65.3 Å². The molecule has 3 aromatic rings. The molecule has 0 atom stereocenters. The standard InChI is InChI=1S/C21H22ClN3O2S/c1-15-3-2-4-17(9-15)14-28-21-24-11-19(13-26)25(21)12-20(27)23-10-16-5-7-18(22)8-6-16/h2-9,11,26H,10,12-14H2,1H3,(H,23,27). The van der Waals surface area contributed by atoms with Gasteiger partial charge in [0.15, 0.2) is 5.16 Å². The van der Waals surface area contributed by atoms with Gasteiger partial charge in [-0.25, -0.2) is 4.98 Å². The summed E-state index contributed by atoms with van der Waals surface area (Å²) in [6.07, 6.45) is 1.62. The second kappa shape index (κ2) is 9.78. The number of carbonyl (C=O) groups is 1. The number of hydrogen-bond acceptors (Lipinski definition) is 4. The predicted octanol–water partition coefficient (Wildman–Crippen LogP) is 3.95. The van der Waals surface area contributed by atoms with E-state index in [1.54, 1.807) is 34.7 Å². The van der Waals surface area contributed by atoms with Crippen LogP contribution in [0, 0.1) is 6.92 Å². The van der Waals surface area contributed by atoms with Crippen molar-refractivity contribution < 1.29 is 9.90 Å². The van der Waals surface area contributed by atoms with E-state index in [9.17, 15) is 9.90 Å². The molecule has 0 saturated carbocycles. The minimum Gasteiger partial charge on any atom is -0.390 e. The number of thioether (sulfide) groups is 1. The number of aliphatic hydroxyl groups is 1. The summed E-state index contributed by atoms with van der Waals surface area (Å²) >= 11 is 7.43. The molecule has 7 heteroatoms. The number of aromatic nitrogens is 2. The highest BCUT2D eigenvalue weighted by molar-refractivity contribution is 7.98. The van der Waals surface area contributed by atoms with Crippen molar-refractivity contribution in [3.05, 3.63) is 82.1 Å². The molecular formula is C21H22ClN3O2S. The highest BCUT2D eigenvalue weighted by Gasteiger charge is 2.13. The fourth-order valence-corrected chi connectivity index (χ4v) is 3.82. The molecule has 0 bridgehead atoms. The summed E-state index contributed by atoms with van der Waals surface area (Å²) in [6.45, 7) is 2.43. The van der Waals surface area contributed by atoms with Crippen LogP contribution in [0.4, 0.5) is 0 Å². The molecule has 0 aliphatic rings. The van der Waals surface area contributed by atoms with E-state index >= 15 is 0 Å². The molecule has 0 radical (unpaired) electrons. The molecule has 5 nitrogen and oxygen atoms in total. The Morgan fingerprint density at radius 1 is 1.21 bits per heavy atom. The van der Waals surface area contributed by atoms with E-state index in [1.807, 2.05) is 18.2 Å². The van der Waals surface area contributed by atoms with Crippen molar-refractivity contribution >= 4 is 29.3 Å².